The summed E-state index contributed by atoms with van der Waals surface area (Å²) in [7, 11) is 3.44. The van der Waals surface area contributed by atoms with Gasteiger partial charge in [0.05, 0.1) is 13.1 Å². The number of amides is 1. The van der Waals surface area contributed by atoms with Crippen molar-refractivity contribution in [3.8, 4) is 0 Å². The van der Waals surface area contributed by atoms with Crippen LogP contribution in [0.1, 0.15) is 24.0 Å². The van der Waals surface area contributed by atoms with Crippen LogP contribution in [0.3, 0.4) is 0 Å². The number of nitrogens with zero attached hydrogens (tertiary/aromatic N) is 3. The molecule has 8 heteroatoms. The number of likely N-dealkylation sites (tertiary alicyclic amines) is 1. The van der Waals surface area contributed by atoms with E-state index in [0.29, 0.717) is 11.5 Å². The number of rotatable bonds is 7. The molecule has 1 saturated heterocycles. The molecular formula is C24H33FIN5O. The van der Waals surface area contributed by atoms with E-state index in [-0.39, 0.29) is 54.8 Å². The zero-order valence-electron chi connectivity index (χ0n) is 18.8. The van der Waals surface area contributed by atoms with Crippen LogP contribution in [0.4, 0.5) is 4.39 Å². The third-order valence-corrected chi connectivity index (χ3v) is 5.45. The van der Waals surface area contributed by atoms with Crippen LogP contribution in [0, 0.1) is 5.82 Å². The monoisotopic (exact) mass is 553 g/mol. The smallest absolute Gasteiger partial charge is 0.241 e. The quantitative estimate of drug-likeness (QED) is 0.314. The molecule has 0 aromatic heterocycles. The number of hydrogen-bond donors (Lipinski definition) is 2. The molecule has 0 bridgehead atoms. The van der Waals surface area contributed by atoms with E-state index in [1.807, 2.05) is 6.07 Å². The first-order valence-electron chi connectivity index (χ1n) is 10.8. The Morgan fingerprint density at radius 2 is 1.75 bits per heavy atom. The lowest BCUT2D eigenvalue weighted by Crippen LogP contribution is -2.50. The normalized spacial score (nSPS) is 15.0. The molecule has 1 aliphatic rings. The molecule has 0 aliphatic carbocycles. The van der Waals surface area contributed by atoms with Gasteiger partial charge in [-0.05, 0) is 24.5 Å². The molecule has 1 aliphatic heterocycles. The van der Waals surface area contributed by atoms with E-state index < -0.39 is 0 Å². The maximum atomic E-state index is 14.0. The van der Waals surface area contributed by atoms with Crippen molar-refractivity contribution in [2.45, 2.75) is 32.0 Å². The molecule has 1 fully saturated rings. The van der Waals surface area contributed by atoms with Gasteiger partial charge in [-0.2, -0.15) is 0 Å². The Hall–Kier alpha value is -2.20. The summed E-state index contributed by atoms with van der Waals surface area (Å²) in [4.78, 5) is 20.5. The molecule has 0 atom stereocenters. The fraction of sp³-hybridized carbons (Fsp3) is 0.417. The minimum atomic E-state index is -0.274. The fourth-order valence-corrected chi connectivity index (χ4v) is 3.53. The summed E-state index contributed by atoms with van der Waals surface area (Å²) >= 11 is 0. The van der Waals surface area contributed by atoms with Gasteiger partial charge < -0.3 is 15.5 Å². The van der Waals surface area contributed by atoms with Crippen molar-refractivity contribution in [1.29, 1.82) is 0 Å². The number of nitrogens with one attached hydrogen (secondary N) is 2. The first-order chi connectivity index (χ1) is 15.0. The molecule has 0 saturated carbocycles. The predicted molar refractivity (Wildman–Crippen MR) is 138 cm³/mol. The van der Waals surface area contributed by atoms with E-state index in [9.17, 15) is 9.18 Å². The van der Waals surface area contributed by atoms with Gasteiger partial charge in [0.1, 0.15) is 5.82 Å². The number of aliphatic imine (C=N–C) groups is 1. The van der Waals surface area contributed by atoms with Crippen LogP contribution in [0.2, 0.25) is 0 Å². The summed E-state index contributed by atoms with van der Waals surface area (Å²) in [6.45, 7) is 3.29. The highest BCUT2D eigenvalue weighted by Gasteiger charge is 2.20. The number of hydrogen-bond acceptors (Lipinski definition) is 3. The highest BCUT2D eigenvalue weighted by Crippen LogP contribution is 2.14. The van der Waals surface area contributed by atoms with Gasteiger partial charge in [-0.3, -0.25) is 9.69 Å². The van der Waals surface area contributed by atoms with Crippen molar-refractivity contribution in [3.05, 3.63) is 71.5 Å². The number of piperidine rings is 1. The third kappa shape index (κ3) is 8.38. The summed E-state index contributed by atoms with van der Waals surface area (Å²) in [6, 6.07) is 17.4. The lowest BCUT2D eigenvalue weighted by atomic mass is 10.0. The topological polar surface area (TPSA) is 60.0 Å². The van der Waals surface area contributed by atoms with E-state index in [0.717, 1.165) is 32.5 Å². The molecule has 6 nitrogen and oxygen atoms in total. The standard InChI is InChI=1S/C24H32FN5O.HI/c1-29(2)23(31)17-27-24(26-16-20-10-6-7-11-22(20)25)28-21-12-14-30(15-13-21)18-19-8-4-3-5-9-19;/h3-11,21H,12-18H2,1-2H3,(H2,26,27,28);1H. The van der Waals surface area contributed by atoms with Crippen LogP contribution in [-0.2, 0) is 17.9 Å². The zero-order valence-corrected chi connectivity index (χ0v) is 21.1. The summed E-state index contributed by atoms with van der Waals surface area (Å²) in [6.07, 6.45) is 1.96. The van der Waals surface area contributed by atoms with Gasteiger partial charge in [0, 0.05) is 45.3 Å². The van der Waals surface area contributed by atoms with Gasteiger partial charge in [0.15, 0.2) is 5.96 Å². The molecule has 2 aromatic carbocycles. The van der Waals surface area contributed by atoms with Crippen molar-refractivity contribution in [3.63, 3.8) is 0 Å². The average molecular weight is 553 g/mol. The van der Waals surface area contributed by atoms with Crippen molar-refractivity contribution >= 4 is 35.8 Å². The van der Waals surface area contributed by atoms with Crippen LogP contribution in [0.15, 0.2) is 59.6 Å². The van der Waals surface area contributed by atoms with Gasteiger partial charge in [0.2, 0.25) is 5.91 Å². The van der Waals surface area contributed by atoms with Crippen LogP contribution >= 0.6 is 24.0 Å². The number of likely N-dealkylation sites (N-methyl/N-ethyl adjacent to an activating group) is 1. The van der Waals surface area contributed by atoms with Gasteiger partial charge in [0.25, 0.3) is 0 Å². The van der Waals surface area contributed by atoms with E-state index in [1.54, 1.807) is 32.3 Å². The molecule has 2 N–H and O–H groups in total. The molecule has 0 unspecified atom stereocenters. The van der Waals surface area contributed by atoms with E-state index in [2.05, 4.69) is 44.8 Å². The van der Waals surface area contributed by atoms with Gasteiger partial charge >= 0.3 is 0 Å². The summed E-state index contributed by atoms with van der Waals surface area (Å²) in [5, 5.41) is 6.54. The molecule has 2 aromatic rings. The Kier molecular flexibility index (Phi) is 10.9. The molecule has 174 valence electrons. The maximum Gasteiger partial charge on any atom is 0.241 e. The Balaban J connectivity index is 0.00000363. The Bertz CT molecular complexity index is 870. The maximum absolute atomic E-state index is 14.0. The first kappa shape index (κ1) is 26.1. The van der Waals surface area contributed by atoms with Crippen molar-refractivity contribution in [2.75, 3.05) is 33.7 Å². The third-order valence-electron chi connectivity index (χ3n) is 5.45. The highest BCUT2D eigenvalue weighted by molar-refractivity contribution is 14.0. The second-order valence-corrected chi connectivity index (χ2v) is 8.08. The number of carbonyl (C=O) groups is 1. The lowest BCUT2D eigenvalue weighted by Gasteiger charge is -2.33. The molecular weight excluding hydrogens is 520 g/mol. The second-order valence-electron chi connectivity index (χ2n) is 8.08. The molecule has 3 rings (SSSR count). The number of carbonyl (C=O) groups excluding carboxylic acids is 1. The first-order valence-corrected chi connectivity index (χ1v) is 10.8. The number of guanidine groups is 1. The molecule has 32 heavy (non-hydrogen) atoms. The zero-order chi connectivity index (χ0) is 22.1. The van der Waals surface area contributed by atoms with Gasteiger partial charge in [-0.25, -0.2) is 9.38 Å². The highest BCUT2D eigenvalue weighted by atomic mass is 127. The van der Waals surface area contributed by atoms with Crippen LogP contribution in [0.5, 0.6) is 0 Å². The Morgan fingerprint density at radius 1 is 1.09 bits per heavy atom. The largest absolute Gasteiger partial charge is 0.354 e. The average Bonchev–Trinajstić information content (AvgIpc) is 2.78. The molecule has 1 heterocycles. The summed E-state index contributed by atoms with van der Waals surface area (Å²) in [5.41, 5.74) is 1.85. The SMILES string of the molecule is CN(C)C(=O)CNC(=NCc1ccccc1F)NC1CCN(Cc2ccccc2)CC1.I. The van der Waals surface area contributed by atoms with Crippen LogP contribution in [-0.4, -0.2) is 61.4 Å². The van der Waals surface area contributed by atoms with E-state index in [1.165, 1.54) is 16.5 Å². The summed E-state index contributed by atoms with van der Waals surface area (Å²) < 4.78 is 14.0. The lowest BCUT2D eigenvalue weighted by molar-refractivity contribution is -0.127. The Labute approximate surface area is 207 Å². The molecule has 0 radical (unpaired) electrons. The minimum absolute atomic E-state index is 0. The second kappa shape index (κ2) is 13.4. The van der Waals surface area contributed by atoms with E-state index >= 15 is 0 Å². The van der Waals surface area contributed by atoms with Gasteiger partial charge in [-0.15, -0.1) is 24.0 Å². The molecule has 0 spiro atoms. The van der Waals surface area contributed by atoms with Crippen LogP contribution < -0.4 is 10.6 Å². The number of benzene rings is 2. The predicted octanol–water partition coefficient (Wildman–Crippen LogP) is 3.23. The Morgan fingerprint density at radius 3 is 2.41 bits per heavy atom. The van der Waals surface area contributed by atoms with Crippen molar-refractivity contribution in [1.82, 2.24) is 20.4 Å². The van der Waals surface area contributed by atoms with Crippen LogP contribution in [0.25, 0.3) is 0 Å². The van der Waals surface area contributed by atoms with Crippen molar-refractivity contribution < 1.29 is 9.18 Å². The molecule has 1 amide bonds. The van der Waals surface area contributed by atoms with E-state index in [4.69, 9.17) is 0 Å². The summed E-state index contributed by atoms with van der Waals surface area (Å²) in [5.74, 6) is 0.224. The van der Waals surface area contributed by atoms with Gasteiger partial charge in [-0.1, -0.05) is 48.5 Å². The van der Waals surface area contributed by atoms with Crippen molar-refractivity contribution in [2.24, 2.45) is 4.99 Å². The minimum Gasteiger partial charge on any atom is -0.354 e. The fourth-order valence-electron chi connectivity index (χ4n) is 3.53. The number of halogens is 2.